The molecule has 1 aromatic carbocycles. The first-order chi connectivity index (χ1) is 9.92. The highest BCUT2D eigenvalue weighted by atomic mass is 15.1. The molecule has 21 heavy (non-hydrogen) atoms. The highest BCUT2D eigenvalue weighted by Gasteiger charge is 2.29. The van der Waals surface area contributed by atoms with Crippen molar-refractivity contribution in [3.63, 3.8) is 0 Å². The molecule has 2 nitrogen and oxygen atoms in total. The standard InChI is InChI=1S/C19H34N2/c1-7-18(8-2)21(6)15-19(5,14-20-16(3)4)17-12-10-9-11-13-17/h9-13,16,18,20H,7-8,14-15H2,1-6H3. The predicted molar refractivity (Wildman–Crippen MR) is 93.9 cm³/mol. The summed E-state index contributed by atoms with van der Waals surface area (Å²) in [4.78, 5) is 2.54. The van der Waals surface area contributed by atoms with Gasteiger partial charge in [-0.25, -0.2) is 0 Å². The predicted octanol–water partition coefficient (Wildman–Crippen LogP) is 4.06. The molecule has 120 valence electrons. The fourth-order valence-corrected chi connectivity index (χ4v) is 3.11. The lowest BCUT2D eigenvalue weighted by Crippen LogP contribution is -2.48. The van der Waals surface area contributed by atoms with Crippen LogP contribution < -0.4 is 5.32 Å². The molecule has 0 bridgehead atoms. The number of rotatable bonds is 9. The van der Waals surface area contributed by atoms with E-state index in [-0.39, 0.29) is 5.41 Å². The smallest absolute Gasteiger partial charge is 0.0177 e. The summed E-state index contributed by atoms with van der Waals surface area (Å²) in [6, 6.07) is 12.1. The minimum Gasteiger partial charge on any atom is -0.314 e. The molecular weight excluding hydrogens is 256 g/mol. The van der Waals surface area contributed by atoms with Gasteiger partial charge in [0.2, 0.25) is 0 Å². The number of hydrogen-bond acceptors (Lipinski definition) is 2. The first kappa shape index (κ1) is 18.2. The molecule has 0 heterocycles. The Kier molecular flexibility index (Phi) is 7.41. The van der Waals surface area contributed by atoms with Crippen LogP contribution in [-0.2, 0) is 5.41 Å². The van der Waals surface area contributed by atoms with Crippen molar-refractivity contribution in [1.29, 1.82) is 0 Å². The van der Waals surface area contributed by atoms with Crippen molar-refractivity contribution < 1.29 is 0 Å². The molecule has 0 saturated carbocycles. The van der Waals surface area contributed by atoms with Crippen LogP contribution in [0.4, 0.5) is 0 Å². The molecule has 0 aliphatic rings. The number of nitrogens with one attached hydrogen (secondary N) is 1. The lowest BCUT2D eigenvalue weighted by atomic mass is 9.81. The Bertz CT molecular complexity index is 384. The van der Waals surface area contributed by atoms with Gasteiger partial charge in [-0.05, 0) is 25.5 Å². The van der Waals surface area contributed by atoms with Crippen molar-refractivity contribution in [2.75, 3.05) is 20.1 Å². The van der Waals surface area contributed by atoms with Gasteiger partial charge in [0.05, 0.1) is 0 Å². The van der Waals surface area contributed by atoms with Crippen molar-refractivity contribution in [2.45, 2.75) is 65.0 Å². The molecular formula is C19H34N2. The fraction of sp³-hybridized carbons (Fsp3) is 0.684. The maximum atomic E-state index is 3.64. The van der Waals surface area contributed by atoms with Gasteiger partial charge < -0.3 is 10.2 Å². The van der Waals surface area contributed by atoms with Crippen LogP contribution in [0, 0.1) is 0 Å². The van der Waals surface area contributed by atoms with Gasteiger partial charge in [-0.15, -0.1) is 0 Å². The van der Waals surface area contributed by atoms with Gasteiger partial charge >= 0.3 is 0 Å². The van der Waals surface area contributed by atoms with Gasteiger partial charge in [0, 0.05) is 30.6 Å². The van der Waals surface area contributed by atoms with Crippen LogP contribution in [0.25, 0.3) is 0 Å². The summed E-state index contributed by atoms with van der Waals surface area (Å²) in [6.45, 7) is 13.5. The molecule has 1 rings (SSSR count). The molecule has 1 aromatic rings. The topological polar surface area (TPSA) is 15.3 Å². The van der Waals surface area contributed by atoms with E-state index in [2.05, 4.69) is 82.2 Å². The Morgan fingerprint density at radius 3 is 2.14 bits per heavy atom. The Hall–Kier alpha value is -0.860. The normalized spacial score (nSPS) is 14.9. The van der Waals surface area contributed by atoms with E-state index in [1.807, 2.05) is 0 Å². The quantitative estimate of drug-likeness (QED) is 0.738. The number of benzene rings is 1. The molecule has 0 amide bonds. The lowest BCUT2D eigenvalue weighted by Gasteiger charge is -2.38. The molecule has 1 N–H and O–H groups in total. The summed E-state index contributed by atoms with van der Waals surface area (Å²) < 4.78 is 0. The zero-order valence-corrected chi connectivity index (χ0v) is 14.8. The van der Waals surface area contributed by atoms with E-state index in [0.29, 0.717) is 12.1 Å². The summed E-state index contributed by atoms with van der Waals surface area (Å²) in [5, 5.41) is 3.64. The molecule has 1 atom stereocenters. The first-order valence-corrected chi connectivity index (χ1v) is 8.42. The highest BCUT2D eigenvalue weighted by Crippen LogP contribution is 2.25. The van der Waals surface area contributed by atoms with Crippen LogP contribution in [0.3, 0.4) is 0 Å². The molecule has 0 saturated heterocycles. The second-order valence-corrected chi connectivity index (χ2v) is 6.85. The zero-order chi connectivity index (χ0) is 15.9. The van der Waals surface area contributed by atoms with Crippen molar-refractivity contribution in [3.8, 4) is 0 Å². The van der Waals surface area contributed by atoms with E-state index in [0.717, 1.165) is 13.1 Å². The highest BCUT2D eigenvalue weighted by molar-refractivity contribution is 5.25. The third-order valence-corrected chi connectivity index (χ3v) is 4.54. The third-order valence-electron chi connectivity index (χ3n) is 4.54. The van der Waals surface area contributed by atoms with E-state index in [4.69, 9.17) is 0 Å². The van der Waals surface area contributed by atoms with Crippen molar-refractivity contribution in [1.82, 2.24) is 10.2 Å². The average Bonchev–Trinajstić information content (AvgIpc) is 2.47. The second-order valence-electron chi connectivity index (χ2n) is 6.85. The summed E-state index contributed by atoms with van der Waals surface area (Å²) in [5.74, 6) is 0. The molecule has 2 heteroatoms. The SMILES string of the molecule is CCC(CC)N(C)CC(C)(CNC(C)C)c1ccccc1. The Morgan fingerprint density at radius 1 is 1.10 bits per heavy atom. The van der Waals surface area contributed by atoms with Crippen LogP contribution in [0.2, 0.25) is 0 Å². The molecule has 0 spiro atoms. The van der Waals surface area contributed by atoms with Crippen molar-refractivity contribution in [2.24, 2.45) is 0 Å². The maximum Gasteiger partial charge on any atom is 0.0177 e. The van der Waals surface area contributed by atoms with Gasteiger partial charge in [0.15, 0.2) is 0 Å². The van der Waals surface area contributed by atoms with Crippen molar-refractivity contribution in [3.05, 3.63) is 35.9 Å². The number of hydrogen-bond donors (Lipinski definition) is 1. The molecule has 0 aromatic heterocycles. The zero-order valence-electron chi connectivity index (χ0n) is 14.8. The van der Waals surface area contributed by atoms with Gasteiger partial charge in [-0.2, -0.15) is 0 Å². The summed E-state index contributed by atoms with van der Waals surface area (Å²) in [5.41, 5.74) is 1.57. The molecule has 0 radical (unpaired) electrons. The van der Waals surface area contributed by atoms with Gasteiger partial charge in [-0.3, -0.25) is 0 Å². The number of likely N-dealkylation sites (N-methyl/N-ethyl adjacent to an activating group) is 1. The van der Waals surface area contributed by atoms with Crippen LogP contribution in [0.5, 0.6) is 0 Å². The second kappa shape index (κ2) is 8.55. The number of nitrogens with zero attached hydrogens (tertiary/aromatic N) is 1. The van der Waals surface area contributed by atoms with E-state index in [1.54, 1.807) is 0 Å². The van der Waals surface area contributed by atoms with E-state index < -0.39 is 0 Å². The first-order valence-electron chi connectivity index (χ1n) is 8.42. The maximum absolute atomic E-state index is 3.64. The molecule has 0 aliphatic carbocycles. The Balaban J connectivity index is 2.91. The van der Waals surface area contributed by atoms with E-state index in [1.165, 1.54) is 18.4 Å². The minimum atomic E-state index is 0.142. The summed E-state index contributed by atoms with van der Waals surface area (Å²) >= 11 is 0. The monoisotopic (exact) mass is 290 g/mol. The van der Waals surface area contributed by atoms with Gasteiger partial charge in [-0.1, -0.05) is 65.0 Å². The Morgan fingerprint density at radius 2 is 1.67 bits per heavy atom. The largest absolute Gasteiger partial charge is 0.314 e. The summed E-state index contributed by atoms with van der Waals surface area (Å²) in [6.07, 6.45) is 2.44. The molecule has 0 fully saturated rings. The third kappa shape index (κ3) is 5.44. The van der Waals surface area contributed by atoms with Crippen LogP contribution >= 0.6 is 0 Å². The van der Waals surface area contributed by atoms with Gasteiger partial charge in [0.1, 0.15) is 0 Å². The molecule has 0 aliphatic heterocycles. The van der Waals surface area contributed by atoms with E-state index in [9.17, 15) is 0 Å². The van der Waals surface area contributed by atoms with Crippen LogP contribution in [0.1, 0.15) is 53.0 Å². The fourth-order valence-electron chi connectivity index (χ4n) is 3.11. The van der Waals surface area contributed by atoms with Crippen LogP contribution in [0.15, 0.2) is 30.3 Å². The Labute approximate surface area is 131 Å². The van der Waals surface area contributed by atoms with Gasteiger partial charge in [0.25, 0.3) is 0 Å². The lowest BCUT2D eigenvalue weighted by molar-refractivity contribution is 0.179. The van der Waals surface area contributed by atoms with Crippen LogP contribution in [-0.4, -0.2) is 37.1 Å². The molecule has 1 unspecified atom stereocenters. The summed E-state index contributed by atoms with van der Waals surface area (Å²) in [7, 11) is 2.27. The van der Waals surface area contributed by atoms with E-state index >= 15 is 0 Å². The average molecular weight is 290 g/mol. The van der Waals surface area contributed by atoms with Crippen molar-refractivity contribution >= 4 is 0 Å². The minimum absolute atomic E-state index is 0.142.